The number of aromatic nitrogens is 3. The zero-order valence-corrected chi connectivity index (χ0v) is 19.5. The molecular weight excluding hydrogens is 438 g/mol. The number of benzene rings is 1. The van der Waals surface area contributed by atoms with Crippen molar-refractivity contribution in [3.05, 3.63) is 64.6 Å². The lowest BCUT2D eigenvalue weighted by Crippen LogP contribution is -2.34. The number of rotatable bonds is 8. The quantitative estimate of drug-likeness (QED) is 0.416. The Labute approximate surface area is 195 Å². The molecule has 0 unspecified atom stereocenters. The van der Waals surface area contributed by atoms with Crippen LogP contribution in [0, 0.1) is 0 Å². The molecule has 1 atom stereocenters. The van der Waals surface area contributed by atoms with Gasteiger partial charge in [0.05, 0.1) is 16.6 Å². The molecule has 170 valence electrons. The Morgan fingerprint density at radius 1 is 1.21 bits per heavy atom. The zero-order chi connectivity index (χ0) is 23.4. The molecule has 0 aliphatic carbocycles. The maximum absolute atomic E-state index is 13.4. The standard InChI is InChI=1S/C24H25N5O3S/c1-15(10-16-6-9-33-14-16)26-24(31)19-11-18(27-21(30)13-32-3)12-20-22(19)29(2)23(28-20)17-4-7-25-8-5-17/h4-9,11-12,14-15H,10,13H2,1-3H3,(H,26,31)(H,27,30)/t15-/m0/s1. The van der Waals surface area contributed by atoms with E-state index in [4.69, 9.17) is 9.72 Å². The van der Waals surface area contributed by atoms with Crippen LogP contribution in [0.1, 0.15) is 22.8 Å². The molecule has 0 spiro atoms. The molecule has 3 aromatic heterocycles. The number of thiophene rings is 1. The van der Waals surface area contributed by atoms with Crippen molar-refractivity contribution in [2.45, 2.75) is 19.4 Å². The molecule has 2 N–H and O–H groups in total. The average molecular weight is 464 g/mol. The van der Waals surface area contributed by atoms with Crippen molar-refractivity contribution in [1.29, 1.82) is 0 Å². The number of aryl methyl sites for hydroxylation is 1. The number of carbonyl (C=O) groups excluding carboxylic acids is 2. The fraction of sp³-hybridized carbons (Fsp3) is 0.250. The molecule has 4 aromatic rings. The van der Waals surface area contributed by atoms with E-state index < -0.39 is 0 Å². The maximum Gasteiger partial charge on any atom is 0.253 e. The smallest absolute Gasteiger partial charge is 0.253 e. The summed E-state index contributed by atoms with van der Waals surface area (Å²) in [6.45, 7) is 1.89. The molecule has 1 aromatic carbocycles. The second-order valence-electron chi connectivity index (χ2n) is 7.81. The number of ether oxygens (including phenoxy) is 1. The van der Waals surface area contributed by atoms with E-state index in [0.29, 0.717) is 28.1 Å². The van der Waals surface area contributed by atoms with E-state index >= 15 is 0 Å². The summed E-state index contributed by atoms with van der Waals surface area (Å²) in [6, 6.07) is 9.16. The van der Waals surface area contributed by atoms with E-state index in [0.717, 1.165) is 12.0 Å². The summed E-state index contributed by atoms with van der Waals surface area (Å²) >= 11 is 1.63. The monoisotopic (exact) mass is 463 g/mol. The van der Waals surface area contributed by atoms with Gasteiger partial charge in [-0.05, 0) is 60.0 Å². The number of hydrogen-bond donors (Lipinski definition) is 2. The highest BCUT2D eigenvalue weighted by atomic mass is 32.1. The first-order valence-electron chi connectivity index (χ1n) is 10.5. The fourth-order valence-corrected chi connectivity index (χ4v) is 4.48. The van der Waals surface area contributed by atoms with Crippen LogP contribution in [0.5, 0.6) is 0 Å². The minimum Gasteiger partial charge on any atom is -0.375 e. The summed E-state index contributed by atoms with van der Waals surface area (Å²) in [5.74, 6) is 0.169. The van der Waals surface area contributed by atoms with Gasteiger partial charge in [-0.15, -0.1) is 0 Å². The van der Waals surface area contributed by atoms with Crippen molar-refractivity contribution in [3.63, 3.8) is 0 Å². The van der Waals surface area contributed by atoms with Crippen molar-refractivity contribution in [2.24, 2.45) is 7.05 Å². The fourth-order valence-electron chi connectivity index (χ4n) is 3.80. The minimum absolute atomic E-state index is 0.0678. The minimum atomic E-state index is -0.306. The first-order valence-corrected chi connectivity index (χ1v) is 11.4. The highest BCUT2D eigenvalue weighted by Gasteiger charge is 2.21. The van der Waals surface area contributed by atoms with Gasteiger partial charge in [-0.2, -0.15) is 11.3 Å². The second kappa shape index (κ2) is 9.93. The molecule has 33 heavy (non-hydrogen) atoms. The third-order valence-electron chi connectivity index (χ3n) is 5.21. The molecule has 0 aliphatic heterocycles. The summed E-state index contributed by atoms with van der Waals surface area (Å²) in [5.41, 5.74) is 4.28. The highest BCUT2D eigenvalue weighted by Crippen LogP contribution is 2.29. The molecule has 0 saturated carbocycles. The third-order valence-corrected chi connectivity index (χ3v) is 5.94. The Morgan fingerprint density at radius 3 is 2.70 bits per heavy atom. The average Bonchev–Trinajstić information content (AvgIpc) is 3.41. The van der Waals surface area contributed by atoms with Gasteiger partial charge in [-0.1, -0.05) is 0 Å². The lowest BCUT2D eigenvalue weighted by atomic mass is 10.1. The van der Waals surface area contributed by atoms with Crippen LogP contribution in [-0.4, -0.2) is 46.1 Å². The van der Waals surface area contributed by atoms with Crippen LogP contribution in [0.25, 0.3) is 22.4 Å². The molecule has 0 aliphatic rings. The van der Waals surface area contributed by atoms with Crippen LogP contribution in [0.2, 0.25) is 0 Å². The molecule has 9 heteroatoms. The normalized spacial score (nSPS) is 12.0. The second-order valence-corrected chi connectivity index (χ2v) is 8.59. The number of hydrogen-bond acceptors (Lipinski definition) is 6. The first kappa shape index (κ1) is 22.6. The summed E-state index contributed by atoms with van der Waals surface area (Å²) in [4.78, 5) is 34.3. The van der Waals surface area contributed by atoms with E-state index in [-0.39, 0.29) is 24.5 Å². The van der Waals surface area contributed by atoms with Gasteiger partial charge in [0.1, 0.15) is 12.4 Å². The van der Waals surface area contributed by atoms with E-state index in [2.05, 4.69) is 27.1 Å². The van der Waals surface area contributed by atoms with Crippen molar-refractivity contribution in [1.82, 2.24) is 19.9 Å². The van der Waals surface area contributed by atoms with Gasteiger partial charge in [0, 0.05) is 43.8 Å². The number of nitrogens with zero attached hydrogens (tertiary/aromatic N) is 3. The number of imidazole rings is 1. The summed E-state index contributed by atoms with van der Waals surface area (Å²) in [5, 5.41) is 9.97. The number of anilines is 1. The molecule has 0 saturated heterocycles. The molecule has 8 nitrogen and oxygen atoms in total. The van der Waals surface area contributed by atoms with Gasteiger partial charge < -0.3 is 19.9 Å². The number of pyridine rings is 1. The van der Waals surface area contributed by atoms with E-state index in [1.165, 1.54) is 12.7 Å². The number of methoxy groups -OCH3 is 1. The number of nitrogens with one attached hydrogen (secondary N) is 2. The van der Waals surface area contributed by atoms with Gasteiger partial charge in [-0.25, -0.2) is 4.98 Å². The van der Waals surface area contributed by atoms with Gasteiger partial charge in [0.15, 0.2) is 0 Å². The van der Waals surface area contributed by atoms with Gasteiger partial charge >= 0.3 is 0 Å². The van der Waals surface area contributed by atoms with E-state index in [1.54, 1.807) is 35.9 Å². The van der Waals surface area contributed by atoms with Crippen LogP contribution in [0.15, 0.2) is 53.5 Å². The Balaban J connectivity index is 1.73. The highest BCUT2D eigenvalue weighted by molar-refractivity contribution is 7.07. The van der Waals surface area contributed by atoms with Crippen molar-refractivity contribution < 1.29 is 14.3 Å². The Hall–Kier alpha value is -3.56. The number of amides is 2. The lowest BCUT2D eigenvalue weighted by molar-refractivity contribution is -0.119. The third kappa shape index (κ3) is 5.10. The van der Waals surface area contributed by atoms with Crippen LogP contribution < -0.4 is 10.6 Å². The topological polar surface area (TPSA) is 98.1 Å². The number of carbonyl (C=O) groups is 2. The van der Waals surface area contributed by atoms with Crippen LogP contribution in [0.4, 0.5) is 5.69 Å². The van der Waals surface area contributed by atoms with Crippen LogP contribution in [0.3, 0.4) is 0 Å². The summed E-state index contributed by atoms with van der Waals surface area (Å²) in [6.07, 6.45) is 4.13. The zero-order valence-electron chi connectivity index (χ0n) is 18.7. The molecule has 2 amide bonds. The van der Waals surface area contributed by atoms with Crippen LogP contribution in [-0.2, 0) is 23.0 Å². The van der Waals surface area contributed by atoms with Crippen molar-refractivity contribution >= 4 is 39.9 Å². The Bertz CT molecular complexity index is 1270. The van der Waals surface area contributed by atoms with Crippen molar-refractivity contribution in [2.75, 3.05) is 19.0 Å². The van der Waals surface area contributed by atoms with E-state index in [9.17, 15) is 9.59 Å². The molecule has 4 rings (SSSR count). The number of fused-ring (bicyclic) bond motifs is 1. The predicted molar refractivity (Wildman–Crippen MR) is 129 cm³/mol. The van der Waals surface area contributed by atoms with Gasteiger partial charge in [0.25, 0.3) is 5.91 Å². The first-order chi connectivity index (χ1) is 16.0. The summed E-state index contributed by atoms with van der Waals surface area (Å²) < 4.78 is 6.80. The molecular formula is C24H25N5O3S. The SMILES string of the molecule is COCC(=O)Nc1cc(C(=O)N[C@@H](C)Cc2ccsc2)c2c(c1)nc(-c1ccncc1)n2C. The Kier molecular flexibility index (Phi) is 6.81. The summed E-state index contributed by atoms with van der Waals surface area (Å²) in [7, 11) is 3.33. The molecule has 3 heterocycles. The molecule has 0 radical (unpaired) electrons. The molecule has 0 fully saturated rings. The van der Waals surface area contributed by atoms with Gasteiger partial charge in [-0.3, -0.25) is 14.6 Å². The van der Waals surface area contributed by atoms with E-state index in [1.807, 2.05) is 36.1 Å². The lowest BCUT2D eigenvalue weighted by Gasteiger charge is -2.15. The predicted octanol–water partition coefficient (Wildman–Crippen LogP) is 3.64. The Morgan fingerprint density at radius 2 is 2.00 bits per heavy atom. The van der Waals surface area contributed by atoms with Crippen LogP contribution >= 0.6 is 11.3 Å². The van der Waals surface area contributed by atoms with Gasteiger partial charge in [0.2, 0.25) is 5.91 Å². The van der Waals surface area contributed by atoms with Crippen molar-refractivity contribution in [3.8, 4) is 11.4 Å². The maximum atomic E-state index is 13.4. The molecule has 0 bridgehead atoms. The largest absolute Gasteiger partial charge is 0.375 e.